The maximum atomic E-state index is 14.1. The number of hydrogen-bond acceptors (Lipinski definition) is 5. The number of nitrogens with one attached hydrogen (secondary N) is 2. The van der Waals surface area contributed by atoms with Crippen molar-refractivity contribution in [3.63, 3.8) is 0 Å². The Hall–Kier alpha value is -1.38. The first-order valence-electron chi connectivity index (χ1n) is 8.62. The Balaban J connectivity index is 1.94. The van der Waals surface area contributed by atoms with E-state index in [0.717, 1.165) is 25.0 Å². The van der Waals surface area contributed by atoms with Gasteiger partial charge in [0.1, 0.15) is 10.7 Å². The molecule has 0 saturated heterocycles. The van der Waals surface area contributed by atoms with Gasteiger partial charge in [-0.25, -0.2) is 17.5 Å². The van der Waals surface area contributed by atoms with Gasteiger partial charge in [0, 0.05) is 31.3 Å². The third-order valence-corrected chi connectivity index (χ3v) is 5.91. The molecule has 1 fully saturated rings. The van der Waals surface area contributed by atoms with Crippen LogP contribution < -0.4 is 19.5 Å². The molecule has 2 N–H and O–H groups in total. The molecule has 0 spiro atoms. The molecule has 0 radical (unpaired) electrons. The molecule has 0 bridgehead atoms. The van der Waals surface area contributed by atoms with Crippen LogP contribution in [0.4, 0.5) is 4.39 Å². The van der Waals surface area contributed by atoms with Crippen LogP contribution in [0.3, 0.4) is 0 Å². The largest absolute Gasteiger partial charge is 0.493 e. The van der Waals surface area contributed by atoms with Crippen molar-refractivity contribution in [3.05, 3.63) is 17.9 Å². The van der Waals surface area contributed by atoms with Crippen molar-refractivity contribution < 1.29 is 22.3 Å². The van der Waals surface area contributed by atoms with Crippen LogP contribution in [0.5, 0.6) is 11.5 Å². The molecular formula is C17H27FN2O4S. The summed E-state index contributed by atoms with van der Waals surface area (Å²) in [6.07, 6.45) is 7.20. The van der Waals surface area contributed by atoms with Crippen LogP contribution in [0, 0.1) is 5.82 Å². The van der Waals surface area contributed by atoms with E-state index in [1.54, 1.807) is 0 Å². The first kappa shape index (κ1) is 19.9. The van der Waals surface area contributed by atoms with Crippen LogP contribution in [0.2, 0.25) is 0 Å². The van der Waals surface area contributed by atoms with Gasteiger partial charge >= 0.3 is 0 Å². The van der Waals surface area contributed by atoms with Crippen LogP contribution in [-0.2, 0) is 10.0 Å². The molecule has 0 heterocycles. The Morgan fingerprint density at radius 3 is 2.24 bits per heavy atom. The number of rotatable bonds is 8. The number of halogens is 1. The molecule has 1 aliphatic rings. The Morgan fingerprint density at radius 1 is 1.04 bits per heavy atom. The molecule has 0 amide bonds. The third kappa shape index (κ3) is 5.55. The molecule has 0 atom stereocenters. The lowest BCUT2D eigenvalue weighted by Crippen LogP contribution is -2.37. The second-order valence-corrected chi connectivity index (χ2v) is 7.91. The molecule has 1 aliphatic carbocycles. The minimum atomic E-state index is -3.96. The number of hydrogen-bond donors (Lipinski definition) is 2. The quantitative estimate of drug-likeness (QED) is 0.540. The molecule has 8 heteroatoms. The molecule has 25 heavy (non-hydrogen) atoms. The van der Waals surface area contributed by atoms with Gasteiger partial charge < -0.3 is 14.8 Å². The molecule has 2 rings (SSSR count). The van der Waals surface area contributed by atoms with Crippen molar-refractivity contribution in [2.75, 3.05) is 27.3 Å². The molecule has 6 nitrogen and oxygen atoms in total. The van der Waals surface area contributed by atoms with Crippen LogP contribution in [0.1, 0.15) is 38.5 Å². The van der Waals surface area contributed by atoms with Crippen molar-refractivity contribution >= 4 is 10.0 Å². The molecule has 1 aromatic rings. The fraction of sp³-hybridized carbons (Fsp3) is 0.647. The van der Waals surface area contributed by atoms with Crippen molar-refractivity contribution in [2.45, 2.75) is 49.5 Å². The van der Waals surface area contributed by atoms with Crippen LogP contribution in [0.25, 0.3) is 0 Å². The predicted octanol–water partition coefficient (Wildman–Crippen LogP) is 2.43. The molecule has 0 aromatic heterocycles. The van der Waals surface area contributed by atoms with E-state index < -0.39 is 20.7 Å². The van der Waals surface area contributed by atoms with Gasteiger partial charge in [-0.3, -0.25) is 0 Å². The highest BCUT2D eigenvalue weighted by molar-refractivity contribution is 7.89. The van der Waals surface area contributed by atoms with E-state index in [4.69, 9.17) is 9.47 Å². The van der Waals surface area contributed by atoms with Gasteiger partial charge in [0.15, 0.2) is 11.5 Å². The lowest BCUT2D eigenvalue weighted by atomic mass is 10.1. The maximum absolute atomic E-state index is 14.1. The smallest absolute Gasteiger partial charge is 0.243 e. The zero-order valence-electron chi connectivity index (χ0n) is 14.8. The van der Waals surface area contributed by atoms with Crippen molar-refractivity contribution in [3.8, 4) is 11.5 Å². The summed E-state index contributed by atoms with van der Waals surface area (Å²) in [5, 5.41) is 3.38. The minimum Gasteiger partial charge on any atom is -0.493 e. The highest BCUT2D eigenvalue weighted by Crippen LogP contribution is 2.31. The summed E-state index contributed by atoms with van der Waals surface area (Å²) in [5.74, 6) is -0.559. The lowest BCUT2D eigenvalue weighted by Gasteiger charge is -2.16. The highest BCUT2D eigenvalue weighted by Gasteiger charge is 2.22. The third-order valence-electron chi connectivity index (χ3n) is 4.43. The molecule has 1 aromatic carbocycles. The van der Waals surface area contributed by atoms with Gasteiger partial charge in [0.2, 0.25) is 10.0 Å². The van der Waals surface area contributed by atoms with Crippen LogP contribution in [0.15, 0.2) is 17.0 Å². The van der Waals surface area contributed by atoms with Gasteiger partial charge in [-0.2, -0.15) is 0 Å². The maximum Gasteiger partial charge on any atom is 0.243 e. The fourth-order valence-electron chi connectivity index (χ4n) is 3.06. The normalized spacial score (nSPS) is 16.4. The van der Waals surface area contributed by atoms with Crippen molar-refractivity contribution in [1.82, 2.24) is 10.0 Å². The summed E-state index contributed by atoms with van der Waals surface area (Å²) in [5.41, 5.74) is 0. The topological polar surface area (TPSA) is 76.7 Å². The van der Waals surface area contributed by atoms with E-state index in [2.05, 4.69) is 10.0 Å². The Labute approximate surface area is 149 Å². The molecule has 0 aliphatic heterocycles. The van der Waals surface area contributed by atoms with Crippen LogP contribution >= 0.6 is 0 Å². The zero-order chi connectivity index (χ0) is 18.3. The summed E-state index contributed by atoms with van der Waals surface area (Å²) in [6, 6.07) is 2.58. The first-order chi connectivity index (χ1) is 12.0. The van der Waals surface area contributed by atoms with Crippen molar-refractivity contribution in [2.24, 2.45) is 0 Å². The second kappa shape index (κ2) is 9.35. The number of sulfonamides is 1. The van der Waals surface area contributed by atoms with E-state index >= 15 is 0 Å². The van der Waals surface area contributed by atoms with Gasteiger partial charge in [-0.05, 0) is 12.8 Å². The van der Waals surface area contributed by atoms with Gasteiger partial charge in [-0.1, -0.05) is 25.7 Å². The van der Waals surface area contributed by atoms with Crippen molar-refractivity contribution in [1.29, 1.82) is 0 Å². The lowest BCUT2D eigenvalue weighted by molar-refractivity contribution is 0.350. The average Bonchev–Trinajstić information content (AvgIpc) is 2.87. The monoisotopic (exact) mass is 374 g/mol. The molecule has 0 unspecified atom stereocenters. The van der Waals surface area contributed by atoms with E-state index in [0.29, 0.717) is 12.6 Å². The standard InChI is InChI=1S/C17H27FN2O4S/c1-23-15-11-14(18)17(12-16(15)24-2)25(21,22)20-10-9-19-13-7-5-3-4-6-8-13/h11-13,19-20H,3-10H2,1-2H3. The summed E-state index contributed by atoms with van der Waals surface area (Å²) < 4.78 is 51.3. The van der Waals surface area contributed by atoms with E-state index in [-0.39, 0.29) is 18.0 Å². The summed E-state index contributed by atoms with van der Waals surface area (Å²) >= 11 is 0. The van der Waals surface area contributed by atoms with Gasteiger partial charge in [-0.15, -0.1) is 0 Å². The second-order valence-electron chi connectivity index (χ2n) is 6.18. The van der Waals surface area contributed by atoms with Crippen LogP contribution in [-0.4, -0.2) is 41.8 Å². The summed E-state index contributed by atoms with van der Waals surface area (Å²) in [6.45, 7) is 0.714. The van der Waals surface area contributed by atoms with E-state index in [9.17, 15) is 12.8 Å². The highest BCUT2D eigenvalue weighted by atomic mass is 32.2. The van der Waals surface area contributed by atoms with Gasteiger partial charge in [0.25, 0.3) is 0 Å². The predicted molar refractivity (Wildman–Crippen MR) is 94.2 cm³/mol. The minimum absolute atomic E-state index is 0.147. The SMILES string of the molecule is COc1cc(F)c(S(=O)(=O)NCCNC2CCCCCC2)cc1OC. The molecular weight excluding hydrogens is 347 g/mol. The van der Waals surface area contributed by atoms with Gasteiger partial charge in [0.05, 0.1) is 14.2 Å². The van der Waals surface area contributed by atoms with E-state index in [1.165, 1.54) is 39.9 Å². The summed E-state index contributed by atoms with van der Waals surface area (Å²) in [4.78, 5) is -0.445. The molecule has 1 saturated carbocycles. The number of benzene rings is 1. The van der Waals surface area contributed by atoms with E-state index in [1.807, 2.05) is 0 Å². The fourth-order valence-corrected chi connectivity index (χ4v) is 4.17. The molecule has 142 valence electrons. The first-order valence-corrected chi connectivity index (χ1v) is 10.1. The average molecular weight is 374 g/mol. The summed E-state index contributed by atoms with van der Waals surface area (Å²) in [7, 11) is -1.22. The Morgan fingerprint density at radius 2 is 1.64 bits per heavy atom. The Bertz CT molecular complexity index is 659. The zero-order valence-corrected chi connectivity index (χ0v) is 15.6. The Kier molecular flexibility index (Phi) is 7.46. The number of methoxy groups -OCH3 is 2. The number of ether oxygens (including phenoxy) is 2.